The summed E-state index contributed by atoms with van der Waals surface area (Å²) in [5.41, 5.74) is 4.41. The highest BCUT2D eigenvalue weighted by Gasteiger charge is 2.15. The third-order valence-electron chi connectivity index (χ3n) is 2.98. The van der Waals surface area contributed by atoms with Gasteiger partial charge in [-0.2, -0.15) is 5.10 Å². The van der Waals surface area contributed by atoms with Gasteiger partial charge in [-0.25, -0.2) is 9.78 Å². The smallest absolute Gasteiger partial charge is 0.350 e. The van der Waals surface area contributed by atoms with Crippen molar-refractivity contribution in [3.8, 4) is 5.75 Å². The fourth-order valence-corrected chi connectivity index (χ4v) is 2.67. The molecule has 0 bridgehead atoms. The predicted molar refractivity (Wildman–Crippen MR) is 96.3 cm³/mol. The van der Waals surface area contributed by atoms with Crippen LogP contribution in [0.15, 0.2) is 29.4 Å². The Morgan fingerprint density at radius 2 is 2.08 bits per heavy atom. The first kappa shape index (κ1) is 17.9. The highest BCUT2D eigenvalue weighted by molar-refractivity contribution is 7.17. The number of benzene rings is 1. The monoisotopic (exact) mass is 347 g/mol. The van der Waals surface area contributed by atoms with Crippen molar-refractivity contribution in [3.05, 3.63) is 40.4 Å². The van der Waals surface area contributed by atoms with Crippen molar-refractivity contribution in [1.82, 2.24) is 4.98 Å². The summed E-state index contributed by atoms with van der Waals surface area (Å²) in [5, 5.41) is 4.69. The molecule has 0 aliphatic rings. The molecule has 0 saturated heterocycles. The Bertz CT molecular complexity index is 696. The van der Waals surface area contributed by atoms with E-state index in [9.17, 15) is 4.79 Å². The lowest BCUT2D eigenvalue weighted by Crippen LogP contribution is -2.03. The van der Waals surface area contributed by atoms with Crippen molar-refractivity contribution >= 4 is 28.7 Å². The van der Waals surface area contributed by atoms with Gasteiger partial charge in [0.2, 0.25) is 5.13 Å². The van der Waals surface area contributed by atoms with Gasteiger partial charge in [-0.15, -0.1) is 0 Å². The van der Waals surface area contributed by atoms with Gasteiger partial charge in [0.1, 0.15) is 10.6 Å². The number of aromatic nitrogens is 1. The van der Waals surface area contributed by atoms with Gasteiger partial charge in [-0.1, -0.05) is 18.3 Å². The van der Waals surface area contributed by atoms with Crippen LogP contribution in [0.4, 0.5) is 5.13 Å². The maximum atomic E-state index is 11.8. The number of aryl methyl sites for hydroxylation is 1. The molecule has 1 aromatic carbocycles. The lowest BCUT2D eigenvalue weighted by atomic mass is 10.2. The average molecular weight is 347 g/mol. The SMILES string of the molecule is CCCOc1ccc(/C=N\Nc2nc(C)c(C(=O)OCC)s2)cc1. The molecule has 6 nitrogen and oxygen atoms in total. The van der Waals surface area contributed by atoms with E-state index >= 15 is 0 Å². The number of rotatable bonds is 8. The van der Waals surface area contributed by atoms with Gasteiger partial charge in [0, 0.05) is 0 Å². The van der Waals surface area contributed by atoms with E-state index in [0.29, 0.717) is 28.9 Å². The second kappa shape index (κ2) is 9.02. The Hall–Kier alpha value is -2.41. The Morgan fingerprint density at radius 1 is 1.33 bits per heavy atom. The number of hydrogen-bond acceptors (Lipinski definition) is 7. The number of esters is 1. The molecule has 0 unspecified atom stereocenters. The van der Waals surface area contributed by atoms with Crippen LogP contribution in [0.1, 0.15) is 41.2 Å². The highest BCUT2D eigenvalue weighted by atomic mass is 32.1. The minimum atomic E-state index is -0.354. The van der Waals surface area contributed by atoms with Gasteiger partial charge in [-0.05, 0) is 50.1 Å². The zero-order chi connectivity index (χ0) is 17.4. The summed E-state index contributed by atoms with van der Waals surface area (Å²) in [6.07, 6.45) is 2.67. The minimum Gasteiger partial charge on any atom is -0.494 e. The van der Waals surface area contributed by atoms with E-state index in [1.807, 2.05) is 24.3 Å². The van der Waals surface area contributed by atoms with Gasteiger partial charge in [0.25, 0.3) is 0 Å². The quantitative estimate of drug-likeness (QED) is 0.446. The number of thiazole rings is 1. The molecule has 2 rings (SSSR count). The van der Waals surface area contributed by atoms with Crippen molar-refractivity contribution in [2.75, 3.05) is 18.6 Å². The van der Waals surface area contributed by atoms with Crippen LogP contribution in [0, 0.1) is 6.92 Å². The molecule has 1 heterocycles. The predicted octanol–water partition coefficient (Wildman–Crippen LogP) is 3.86. The van der Waals surface area contributed by atoms with E-state index in [1.165, 1.54) is 11.3 Å². The zero-order valence-corrected chi connectivity index (χ0v) is 14.9. The molecule has 1 N–H and O–H groups in total. The third kappa shape index (κ3) is 5.06. The Morgan fingerprint density at radius 3 is 2.75 bits per heavy atom. The van der Waals surface area contributed by atoms with Crippen LogP contribution in [0.3, 0.4) is 0 Å². The first-order valence-electron chi connectivity index (χ1n) is 7.80. The Kier molecular flexibility index (Phi) is 6.74. The lowest BCUT2D eigenvalue weighted by Gasteiger charge is -2.03. The van der Waals surface area contributed by atoms with Crippen molar-refractivity contribution in [1.29, 1.82) is 0 Å². The van der Waals surface area contributed by atoms with Crippen molar-refractivity contribution < 1.29 is 14.3 Å². The summed E-state index contributed by atoms with van der Waals surface area (Å²) in [6, 6.07) is 7.66. The first-order valence-corrected chi connectivity index (χ1v) is 8.62. The number of nitrogens with one attached hydrogen (secondary N) is 1. The molecule has 0 fully saturated rings. The largest absolute Gasteiger partial charge is 0.494 e. The van der Waals surface area contributed by atoms with E-state index in [1.54, 1.807) is 20.1 Å². The van der Waals surface area contributed by atoms with Crippen molar-refractivity contribution in [2.24, 2.45) is 5.10 Å². The second-order valence-electron chi connectivity index (χ2n) is 4.94. The first-order chi connectivity index (χ1) is 11.6. The topological polar surface area (TPSA) is 72.8 Å². The van der Waals surface area contributed by atoms with Crippen LogP contribution in [0.2, 0.25) is 0 Å². The summed E-state index contributed by atoms with van der Waals surface area (Å²) < 4.78 is 10.5. The molecular weight excluding hydrogens is 326 g/mol. The minimum absolute atomic E-state index is 0.342. The standard InChI is InChI=1S/C17H21N3O3S/c1-4-10-23-14-8-6-13(7-9-14)11-18-20-17-19-12(3)15(24-17)16(21)22-5-2/h6-9,11H,4-5,10H2,1-3H3,(H,19,20)/b18-11-. The zero-order valence-electron chi connectivity index (χ0n) is 14.0. The molecule has 0 saturated carbocycles. The van der Waals surface area contributed by atoms with E-state index in [4.69, 9.17) is 9.47 Å². The summed E-state index contributed by atoms with van der Waals surface area (Å²) in [5.74, 6) is 0.490. The van der Waals surface area contributed by atoms with E-state index in [2.05, 4.69) is 22.4 Å². The van der Waals surface area contributed by atoms with Gasteiger partial charge in [0.05, 0.1) is 25.1 Å². The number of hydrogen-bond donors (Lipinski definition) is 1. The molecule has 2 aromatic rings. The van der Waals surface area contributed by atoms with E-state index in [-0.39, 0.29) is 5.97 Å². The maximum absolute atomic E-state index is 11.8. The van der Waals surface area contributed by atoms with Gasteiger partial charge in [-0.3, -0.25) is 5.43 Å². The van der Waals surface area contributed by atoms with E-state index < -0.39 is 0 Å². The molecule has 24 heavy (non-hydrogen) atoms. The molecule has 128 valence electrons. The van der Waals surface area contributed by atoms with Crippen LogP contribution >= 0.6 is 11.3 Å². The van der Waals surface area contributed by atoms with Crippen molar-refractivity contribution in [2.45, 2.75) is 27.2 Å². The molecule has 0 spiro atoms. The number of anilines is 1. The Labute approximate surface area is 145 Å². The highest BCUT2D eigenvalue weighted by Crippen LogP contribution is 2.23. The fraction of sp³-hybridized carbons (Fsp3) is 0.353. The fourth-order valence-electron chi connectivity index (χ4n) is 1.86. The number of carbonyl (C=O) groups excluding carboxylic acids is 1. The number of carbonyl (C=O) groups is 1. The maximum Gasteiger partial charge on any atom is 0.350 e. The Balaban J connectivity index is 1.94. The van der Waals surface area contributed by atoms with Crippen LogP contribution in [-0.2, 0) is 4.74 Å². The number of ether oxygens (including phenoxy) is 2. The van der Waals surface area contributed by atoms with Gasteiger partial charge in [0.15, 0.2) is 0 Å². The van der Waals surface area contributed by atoms with Crippen LogP contribution in [0.5, 0.6) is 5.75 Å². The molecule has 0 aliphatic heterocycles. The second-order valence-corrected chi connectivity index (χ2v) is 5.94. The third-order valence-corrected chi connectivity index (χ3v) is 4.03. The van der Waals surface area contributed by atoms with Crippen LogP contribution in [0.25, 0.3) is 0 Å². The van der Waals surface area contributed by atoms with Crippen molar-refractivity contribution in [3.63, 3.8) is 0 Å². The summed E-state index contributed by atoms with van der Waals surface area (Å²) in [4.78, 5) is 16.5. The van der Waals surface area contributed by atoms with Crippen LogP contribution < -0.4 is 10.2 Å². The molecule has 0 amide bonds. The molecule has 0 aliphatic carbocycles. The average Bonchev–Trinajstić information content (AvgIpc) is 2.95. The van der Waals surface area contributed by atoms with Crippen LogP contribution in [-0.4, -0.2) is 30.4 Å². The molecule has 0 atom stereocenters. The molecule has 7 heteroatoms. The van der Waals surface area contributed by atoms with Gasteiger partial charge >= 0.3 is 5.97 Å². The van der Waals surface area contributed by atoms with E-state index in [0.717, 1.165) is 17.7 Å². The summed E-state index contributed by atoms with van der Waals surface area (Å²) in [7, 11) is 0. The normalized spacial score (nSPS) is 10.8. The van der Waals surface area contributed by atoms with Gasteiger partial charge < -0.3 is 9.47 Å². The molecular formula is C17H21N3O3S. The molecule has 0 radical (unpaired) electrons. The number of hydrazone groups is 1. The summed E-state index contributed by atoms with van der Waals surface area (Å²) in [6.45, 7) is 6.67. The number of nitrogens with zero attached hydrogens (tertiary/aromatic N) is 2. The molecule has 1 aromatic heterocycles. The lowest BCUT2D eigenvalue weighted by molar-refractivity contribution is 0.0531. The summed E-state index contributed by atoms with van der Waals surface area (Å²) >= 11 is 1.22.